The van der Waals surface area contributed by atoms with Gasteiger partial charge in [-0.1, -0.05) is 0 Å². The van der Waals surface area contributed by atoms with Crippen molar-refractivity contribution in [2.24, 2.45) is 15.4 Å². The molecule has 0 radical (unpaired) electrons. The fourth-order valence-electron chi connectivity index (χ4n) is 0.819. The van der Waals surface area contributed by atoms with Crippen LogP contribution in [0.5, 0.6) is 0 Å². The van der Waals surface area contributed by atoms with Gasteiger partial charge in [-0.3, -0.25) is 0 Å². The predicted octanol–water partition coefficient (Wildman–Crippen LogP) is 1.33. The second kappa shape index (κ2) is 4.17. The molecule has 0 spiro atoms. The van der Waals surface area contributed by atoms with Gasteiger partial charge in [-0.2, -0.15) is 5.11 Å². The fourth-order valence-corrected chi connectivity index (χ4v) is 0.819. The summed E-state index contributed by atoms with van der Waals surface area (Å²) in [5.74, 6) is 0. The summed E-state index contributed by atoms with van der Waals surface area (Å²) in [6.07, 6.45) is -0.452. The van der Waals surface area contributed by atoms with Crippen LogP contribution in [0.4, 0.5) is 4.79 Å². The SMILES string of the molecule is CC(C)(C)OC(=O)NCC1=NN=NC1. The Kier molecular flexibility index (Phi) is 3.16. The van der Waals surface area contributed by atoms with Crippen molar-refractivity contribution in [3.05, 3.63) is 0 Å². The highest BCUT2D eigenvalue weighted by atomic mass is 16.6. The molecule has 0 aromatic rings. The number of alkyl carbamates (subject to hydrolysis) is 1. The lowest BCUT2D eigenvalue weighted by molar-refractivity contribution is 0.0536. The summed E-state index contributed by atoms with van der Waals surface area (Å²) >= 11 is 0. The molecule has 1 aliphatic heterocycles. The van der Waals surface area contributed by atoms with E-state index >= 15 is 0 Å². The van der Waals surface area contributed by atoms with Crippen molar-refractivity contribution >= 4 is 11.8 Å². The number of ether oxygens (including phenoxy) is 1. The summed E-state index contributed by atoms with van der Waals surface area (Å²) in [4.78, 5) is 11.2. The molecule has 0 aliphatic carbocycles. The highest BCUT2D eigenvalue weighted by molar-refractivity contribution is 5.91. The van der Waals surface area contributed by atoms with E-state index in [0.29, 0.717) is 13.1 Å². The molecular weight excluding hydrogens is 184 g/mol. The fraction of sp³-hybridized carbons (Fsp3) is 0.750. The van der Waals surface area contributed by atoms with Gasteiger partial charge in [0, 0.05) is 0 Å². The number of carbonyl (C=O) groups excluding carboxylic acids is 1. The molecule has 0 bridgehead atoms. The van der Waals surface area contributed by atoms with E-state index in [9.17, 15) is 4.79 Å². The van der Waals surface area contributed by atoms with Crippen LogP contribution in [0.1, 0.15) is 20.8 Å². The van der Waals surface area contributed by atoms with Crippen LogP contribution in [0.15, 0.2) is 15.4 Å². The normalized spacial score (nSPS) is 15.2. The van der Waals surface area contributed by atoms with E-state index in [-0.39, 0.29) is 0 Å². The van der Waals surface area contributed by atoms with Crippen LogP contribution < -0.4 is 5.32 Å². The lowest BCUT2D eigenvalue weighted by Gasteiger charge is -2.19. The van der Waals surface area contributed by atoms with Gasteiger partial charge in [0.25, 0.3) is 0 Å². The maximum Gasteiger partial charge on any atom is 0.407 e. The number of amides is 1. The van der Waals surface area contributed by atoms with Gasteiger partial charge in [0.15, 0.2) is 0 Å². The number of carbonyl (C=O) groups is 1. The van der Waals surface area contributed by atoms with Gasteiger partial charge in [-0.25, -0.2) is 4.79 Å². The Morgan fingerprint density at radius 1 is 1.57 bits per heavy atom. The molecule has 1 aliphatic rings. The van der Waals surface area contributed by atoms with Crippen LogP contribution in [0.2, 0.25) is 0 Å². The number of hydrogen-bond acceptors (Lipinski definition) is 5. The van der Waals surface area contributed by atoms with Gasteiger partial charge < -0.3 is 10.1 Å². The molecular formula is C8H14N4O2. The molecule has 78 valence electrons. The van der Waals surface area contributed by atoms with Crippen LogP contribution in [0.3, 0.4) is 0 Å². The van der Waals surface area contributed by atoms with E-state index in [1.807, 2.05) is 20.8 Å². The summed E-state index contributed by atoms with van der Waals surface area (Å²) in [5, 5.41) is 13.4. The molecule has 1 rings (SSSR count). The van der Waals surface area contributed by atoms with Crippen LogP contribution in [-0.2, 0) is 4.74 Å². The molecule has 14 heavy (non-hydrogen) atoms. The predicted molar refractivity (Wildman–Crippen MR) is 51.4 cm³/mol. The molecule has 0 aromatic carbocycles. The van der Waals surface area contributed by atoms with E-state index in [1.165, 1.54) is 0 Å². The number of hydrogen-bond donors (Lipinski definition) is 1. The lowest BCUT2D eigenvalue weighted by atomic mass is 10.2. The van der Waals surface area contributed by atoms with E-state index in [4.69, 9.17) is 4.74 Å². The van der Waals surface area contributed by atoms with Crippen molar-refractivity contribution in [2.75, 3.05) is 13.1 Å². The first kappa shape index (κ1) is 10.6. The van der Waals surface area contributed by atoms with Gasteiger partial charge in [-0.05, 0) is 26.0 Å². The zero-order chi connectivity index (χ0) is 10.6. The summed E-state index contributed by atoms with van der Waals surface area (Å²) in [6, 6.07) is 0. The zero-order valence-electron chi connectivity index (χ0n) is 8.57. The van der Waals surface area contributed by atoms with Crippen LogP contribution in [0, 0.1) is 0 Å². The first-order valence-electron chi connectivity index (χ1n) is 4.36. The van der Waals surface area contributed by atoms with Crippen LogP contribution in [0.25, 0.3) is 0 Å². The van der Waals surface area contributed by atoms with Crippen LogP contribution in [-0.4, -0.2) is 30.5 Å². The maximum absolute atomic E-state index is 11.2. The van der Waals surface area contributed by atoms with Crippen LogP contribution >= 0.6 is 0 Å². The van der Waals surface area contributed by atoms with Crippen molar-refractivity contribution in [3.63, 3.8) is 0 Å². The van der Waals surface area contributed by atoms with E-state index in [0.717, 1.165) is 5.71 Å². The Balaban J connectivity index is 2.22. The second-order valence-corrected chi connectivity index (χ2v) is 3.91. The molecule has 6 nitrogen and oxygen atoms in total. The minimum absolute atomic E-state index is 0.335. The van der Waals surface area contributed by atoms with Crippen molar-refractivity contribution < 1.29 is 9.53 Å². The van der Waals surface area contributed by atoms with Crippen molar-refractivity contribution in [2.45, 2.75) is 26.4 Å². The zero-order valence-corrected chi connectivity index (χ0v) is 8.57. The second-order valence-electron chi connectivity index (χ2n) is 3.91. The molecule has 0 saturated heterocycles. The standard InChI is InChI=1S/C8H14N4O2/c1-8(2,3)14-7(13)9-4-6-5-10-12-11-6/h4-5H2,1-3H3,(H,9,13). The maximum atomic E-state index is 11.2. The molecule has 0 saturated carbocycles. The molecule has 0 aromatic heterocycles. The monoisotopic (exact) mass is 198 g/mol. The topological polar surface area (TPSA) is 75.4 Å². The molecule has 1 heterocycles. The Morgan fingerprint density at radius 2 is 2.29 bits per heavy atom. The Hall–Kier alpha value is -1.46. The quantitative estimate of drug-likeness (QED) is 0.726. The van der Waals surface area contributed by atoms with E-state index < -0.39 is 11.7 Å². The number of rotatable bonds is 2. The molecule has 1 amide bonds. The summed E-state index contributed by atoms with van der Waals surface area (Å²) in [5.41, 5.74) is 0.256. The highest BCUT2D eigenvalue weighted by Gasteiger charge is 2.16. The molecule has 0 unspecified atom stereocenters. The average Bonchev–Trinajstić information content (AvgIpc) is 2.49. The Bertz CT molecular complexity index is 278. The van der Waals surface area contributed by atoms with Crippen molar-refractivity contribution in [1.29, 1.82) is 0 Å². The summed E-state index contributed by atoms with van der Waals surface area (Å²) in [7, 11) is 0. The number of nitrogens with one attached hydrogen (secondary N) is 1. The summed E-state index contributed by atoms with van der Waals surface area (Å²) in [6.45, 7) is 6.22. The molecule has 1 N–H and O–H groups in total. The van der Waals surface area contributed by atoms with Gasteiger partial charge in [-0.15, -0.1) is 5.10 Å². The lowest BCUT2D eigenvalue weighted by Crippen LogP contribution is -2.35. The first-order valence-corrected chi connectivity index (χ1v) is 4.36. The summed E-state index contributed by atoms with van der Waals surface area (Å²) < 4.78 is 5.03. The first-order chi connectivity index (χ1) is 6.47. The Morgan fingerprint density at radius 3 is 2.79 bits per heavy atom. The Labute approximate surface area is 82.4 Å². The third-order valence-corrected chi connectivity index (χ3v) is 1.34. The van der Waals surface area contributed by atoms with Gasteiger partial charge in [0.1, 0.15) is 12.1 Å². The highest BCUT2D eigenvalue weighted by Crippen LogP contribution is 2.06. The smallest absolute Gasteiger partial charge is 0.407 e. The minimum atomic E-state index is -0.476. The van der Waals surface area contributed by atoms with E-state index in [2.05, 4.69) is 20.8 Å². The average molecular weight is 198 g/mol. The largest absolute Gasteiger partial charge is 0.444 e. The molecule has 6 heteroatoms. The number of nitrogens with zero attached hydrogens (tertiary/aromatic N) is 3. The third-order valence-electron chi connectivity index (χ3n) is 1.34. The van der Waals surface area contributed by atoms with E-state index in [1.54, 1.807) is 0 Å². The van der Waals surface area contributed by atoms with Crippen molar-refractivity contribution in [1.82, 2.24) is 5.32 Å². The third kappa shape index (κ3) is 3.97. The van der Waals surface area contributed by atoms with Crippen molar-refractivity contribution in [3.8, 4) is 0 Å². The minimum Gasteiger partial charge on any atom is -0.444 e. The van der Waals surface area contributed by atoms with Gasteiger partial charge in [0.05, 0.1) is 12.3 Å². The molecule has 0 fully saturated rings. The van der Waals surface area contributed by atoms with Gasteiger partial charge >= 0.3 is 6.09 Å². The van der Waals surface area contributed by atoms with Gasteiger partial charge in [0.2, 0.25) is 0 Å². The molecule has 0 atom stereocenters.